The Morgan fingerprint density at radius 3 is 2.48 bits per heavy atom. The summed E-state index contributed by atoms with van der Waals surface area (Å²) in [6, 6.07) is 12.0. The average Bonchev–Trinajstić information content (AvgIpc) is 3.33. The molecule has 0 saturated carbocycles. The molecule has 3 aromatic rings. The highest BCUT2D eigenvalue weighted by Crippen LogP contribution is 2.29. The van der Waals surface area contributed by atoms with Crippen LogP contribution >= 0.6 is 23.1 Å². The lowest BCUT2D eigenvalue weighted by Gasteiger charge is -2.22. The van der Waals surface area contributed by atoms with Gasteiger partial charge in [0.2, 0.25) is 11.8 Å². The van der Waals surface area contributed by atoms with Crippen molar-refractivity contribution in [1.29, 1.82) is 0 Å². The second-order valence-electron chi connectivity index (χ2n) is 9.20. The summed E-state index contributed by atoms with van der Waals surface area (Å²) in [6.45, 7) is 3.47. The van der Waals surface area contributed by atoms with Gasteiger partial charge in [0.05, 0.1) is 38.2 Å². The van der Waals surface area contributed by atoms with E-state index >= 15 is 0 Å². The SMILES string of the molecule is COc1ccc(OC)c(CC(=O)N[C@H](C(=O)NC(=CC(=O)O)C(=O)CSCc2csc3ccccc23)C(C)C)c1. The van der Waals surface area contributed by atoms with Crippen LogP contribution in [0.15, 0.2) is 59.6 Å². The molecule has 0 aliphatic rings. The topological polar surface area (TPSA) is 131 Å². The Morgan fingerprint density at radius 2 is 1.80 bits per heavy atom. The van der Waals surface area contributed by atoms with Crippen LogP contribution in [0.1, 0.15) is 25.0 Å². The van der Waals surface area contributed by atoms with E-state index in [1.165, 1.54) is 26.0 Å². The van der Waals surface area contributed by atoms with Gasteiger partial charge in [-0.1, -0.05) is 32.0 Å². The molecule has 1 atom stereocenters. The van der Waals surface area contributed by atoms with Gasteiger partial charge in [0.25, 0.3) is 0 Å². The summed E-state index contributed by atoms with van der Waals surface area (Å²) in [5.41, 5.74) is 1.32. The van der Waals surface area contributed by atoms with Crippen molar-refractivity contribution in [2.45, 2.75) is 32.1 Å². The molecule has 11 heteroatoms. The Balaban J connectivity index is 1.65. The van der Waals surface area contributed by atoms with Crippen molar-refractivity contribution in [3.8, 4) is 11.5 Å². The monoisotopic (exact) mass is 584 g/mol. The standard InChI is InChI=1S/C29H32N2O7S2/c1-17(2)28(31-26(33)12-18-11-20(37-3)9-10-24(18)38-4)29(36)30-22(13-27(34)35)23(32)16-39-14-19-15-40-25-8-6-5-7-21(19)25/h5-11,13,15,17,28H,12,14,16H2,1-4H3,(H,30,36)(H,31,33)(H,34,35)/t28-/m0/s1. The maximum absolute atomic E-state index is 13.1. The van der Waals surface area contributed by atoms with Crippen LogP contribution in [0, 0.1) is 5.92 Å². The Morgan fingerprint density at radius 1 is 1.05 bits per heavy atom. The predicted octanol–water partition coefficient (Wildman–Crippen LogP) is 4.19. The molecule has 0 spiro atoms. The van der Waals surface area contributed by atoms with Gasteiger partial charge in [0.15, 0.2) is 5.78 Å². The molecule has 0 bridgehead atoms. The summed E-state index contributed by atoms with van der Waals surface area (Å²) < 4.78 is 11.7. The number of amides is 2. The fraction of sp³-hybridized carbons (Fsp3) is 0.310. The van der Waals surface area contributed by atoms with Crippen LogP contribution in [0.2, 0.25) is 0 Å². The van der Waals surface area contributed by atoms with E-state index in [0.29, 0.717) is 28.9 Å². The average molecular weight is 585 g/mol. The summed E-state index contributed by atoms with van der Waals surface area (Å²) in [6.07, 6.45) is 0.600. The fourth-order valence-corrected chi connectivity index (χ4v) is 5.92. The molecule has 3 rings (SSSR count). The van der Waals surface area contributed by atoms with Crippen LogP contribution in [0.3, 0.4) is 0 Å². The number of thioether (sulfide) groups is 1. The molecule has 0 aliphatic heterocycles. The summed E-state index contributed by atoms with van der Waals surface area (Å²) in [5, 5.41) is 17.6. The van der Waals surface area contributed by atoms with Crippen LogP contribution in [-0.4, -0.2) is 54.7 Å². The normalized spacial score (nSPS) is 12.2. The van der Waals surface area contributed by atoms with Crippen molar-refractivity contribution < 1.29 is 33.8 Å². The highest BCUT2D eigenvalue weighted by Gasteiger charge is 2.27. The third-order valence-corrected chi connectivity index (χ3v) is 7.98. The maximum atomic E-state index is 13.1. The Labute approximate surface area is 240 Å². The Kier molecular flexibility index (Phi) is 11.2. The molecular weight excluding hydrogens is 552 g/mol. The minimum Gasteiger partial charge on any atom is -0.497 e. The third-order valence-electron chi connectivity index (χ3n) is 5.98. The number of ketones is 1. The van der Waals surface area contributed by atoms with E-state index in [-0.39, 0.29) is 23.8 Å². The number of hydrogen-bond donors (Lipinski definition) is 3. The lowest BCUT2D eigenvalue weighted by molar-refractivity contribution is -0.132. The minimum absolute atomic E-state index is 0.0299. The van der Waals surface area contributed by atoms with E-state index < -0.39 is 29.6 Å². The number of rotatable bonds is 14. The van der Waals surface area contributed by atoms with E-state index in [0.717, 1.165) is 15.6 Å². The molecule has 1 heterocycles. The molecule has 0 saturated heterocycles. The number of carboxylic acids is 1. The first kappa shape index (κ1) is 30.7. The van der Waals surface area contributed by atoms with Crippen molar-refractivity contribution in [3.05, 3.63) is 70.7 Å². The quantitative estimate of drug-likeness (QED) is 0.241. The number of hydrogen-bond acceptors (Lipinski definition) is 8. The highest BCUT2D eigenvalue weighted by molar-refractivity contribution is 7.99. The van der Waals surface area contributed by atoms with Crippen LogP contribution in [0.4, 0.5) is 0 Å². The molecule has 2 aromatic carbocycles. The van der Waals surface area contributed by atoms with Gasteiger partial charge < -0.3 is 25.2 Å². The minimum atomic E-state index is -1.37. The van der Waals surface area contributed by atoms with Gasteiger partial charge in [-0.25, -0.2) is 4.79 Å². The fourth-order valence-electron chi connectivity index (χ4n) is 3.95. The predicted molar refractivity (Wildman–Crippen MR) is 157 cm³/mol. The number of carboxylic acid groups (broad SMARTS) is 1. The van der Waals surface area contributed by atoms with Crippen molar-refractivity contribution in [2.24, 2.45) is 5.92 Å². The summed E-state index contributed by atoms with van der Waals surface area (Å²) in [5.74, 6) is -1.81. The second-order valence-corrected chi connectivity index (χ2v) is 11.1. The smallest absolute Gasteiger partial charge is 0.330 e. The van der Waals surface area contributed by atoms with E-state index in [1.807, 2.05) is 29.6 Å². The van der Waals surface area contributed by atoms with Gasteiger partial charge in [-0.15, -0.1) is 23.1 Å². The first-order valence-electron chi connectivity index (χ1n) is 12.4. The number of fused-ring (bicyclic) bond motifs is 1. The molecule has 0 unspecified atom stereocenters. The maximum Gasteiger partial charge on any atom is 0.330 e. The van der Waals surface area contributed by atoms with Crippen molar-refractivity contribution in [3.63, 3.8) is 0 Å². The van der Waals surface area contributed by atoms with Crippen molar-refractivity contribution in [2.75, 3.05) is 20.0 Å². The summed E-state index contributed by atoms with van der Waals surface area (Å²) in [4.78, 5) is 50.4. The number of aliphatic carboxylic acids is 1. The number of benzene rings is 2. The zero-order chi connectivity index (χ0) is 29.2. The van der Waals surface area contributed by atoms with E-state index in [4.69, 9.17) is 9.47 Å². The van der Waals surface area contributed by atoms with Gasteiger partial charge in [-0.05, 0) is 46.5 Å². The number of allylic oxidation sites excluding steroid dienone is 1. The molecule has 2 amide bonds. The number of methoxy groups -OCH3 is 2. The number of thiophene rings is 1. The highest BCUT2D eigenvalue weighted by atomic mass is 32.2. The molecule has 0 fully saturated rings. The van der Waals surface area contributed by atoms with E-state index in [1.54, 1.807) is 43.4 Å². The molecule has 212 valence electrons. The van der Waals surface area contributed by atoms with Crippen molar-refractivity contribution >= 4 is 56.8 Å². The van der Waals surface area contributed by atoms with Gasteiger partial charge >= 0.3 is 5.97 Å². The van der Waals surface area contributed by atoms with Gasteiger partial charge in [0.1, 0.15) is 17.5 Å². The largest absolute Gasteiger partial charge is 0.497 e. The zero-order valence-corrected chi connectivity index (χ0v) is 24.3. The first-order valence-corrected chi connectivity index (χ1v) is 14.5. The third kappa shape index (κ3) is 8.33. The van der Waals surface area contributed by atoms with Crippen molar-refractivity contribution in [1.82, 2.24) is 10.6 Å². The second kappa shape index (κ2) is 14.5. The summed E-state index contributed by atoms with van der Waals surface area (Å²) >= 11 is 2.95. The lowest BCUT2D eigenvalue weighted by Crippen LogP contribution is -2.50. The van der Waals surface area contributed by atoms with Gasteiger partial charge in [-0.3, -0.25) is 14.4 Å². The lowest BCUT2D eigenvalue weighted by atomic mass is 10.0. The summed E-state index contributed by atoms with van der Waals surface area (Å²) in [7, 11) is 3.00. The first-order chi connectivity index (χ1) is 19.1. The van der Waals surface area contributed by atoms with Gasteiger partial charge in [0, 0.05) is 16.0 Å². The molecule has 1 aromatic heterocycles. The van der Waals surface area contributed by atoms with E-state index in [9.17, 15) is 24.3 Å². The number of Topliss-reactive ketones (excluding diaryl/α,β-unsaturated/α-hetero) is 1. The van der Waals surface area contributed by atoms with Crippen LogP contribution in [-0.2, 0) is 31.4 Å². The van der Waals surface area contributed by atoms with Crippen LogP contribution in [0.5, 0.6) is 11.5 Å². The van der Waals surface area contributed by atoms with Crippen LogP contribution < -0.4 is 20.1 Å². The zero-order valence-electron chi connectivity index (χ0n) is 22.7. The number of carbonyl (C=O) groups excluding carboxylic acids is 3. The molecule has 9 nitrogen and oxygen atoms in total. The molecule has 40 heavy (non-hydrogen) atoms. The molecule has 0 aliphatic carbocycles. The molecule has 0 radical (unpaired) electrons. The molecule has 3 N–H and O–H groups in total. The van der Waals surface area contributed by atoms with E-state index in [2.05, 4.69) is 10.6 Å². The molecular formula is C29H32N2O7S2. The Bertz CT molecular complexity index is 1410. The Hall–Kier alpha value is -3.83. The number of nitrogens with one attached hydrogen (secondary N) is 2. The number of carbonyl (C=O) groups is 4. The number of ether oxygens (including phenoxy) is 2. The van der Waals surface area contributed by atoms with Gasteiger partial charge in [-0.2, -0.15) is 0 Å². The van der Waals surface area contributed by atoms with Crippen LogP contribution in [0.25, 0.3) is 10.1 Å².